The maximum Gasteiger partial charge on any atom is 0.472 e. The standard InChI is InChI=1S/C55H103N2O7P/c1-7-10-13-16-19-22-25-28-30-32-35-38-41-44-47-54(58)56-52(51-63-65(60,61)62-50-49-57(4,5)6)53(46-43-40-37-34-31-27-24-21-18-15-12-9-3)64-55(59)48-45-42-39-36-33-29-26-23-20-17-14-11-8-2/h29-30,32-33,39,42-43,46,52-53H,7-28,31,34-38,40-41,44-45,47-51H2,1-6H3,(H-,56,58,60,61)/p+1/b32-30-,33-29-,42-39+,46-43+. The van der Waals surface area contributed by atoms with Crippen LogP contribution in [0.3, 0.4) is 0 Å². The Morgan fingerprint density at radius 1 is 0.538 bits per heavy atom. The molecule has 0 spiro atoms. The highest BCUT2D eigenvalue weighted by Crippen LogP contribution is 2.43. The van der Waals surface area contributed by atoms with Gasteiger partial charge in [-0.15, -0.1) is 0 Å². The van der Waals surface area contributed by atoms with Crippen molar-refractivity contribution in [1.29, 1.82) is 0 Å². The van der Waals surface area contributed by atoms with Crippen LogP contribution in [-0.2, 0) is 27.9 Å². The van der Waals surface area contributed by atoms with Gasteiger partial charge in [-0.3, -0.25) is 18.6 Å². The Labute approximate surface area is 401 Å². The molecule has 9 nitrogen and oxygen atoms in total. The summed E-state index contributed by atoms with van der Waals surface area (Å²) in [6, 6.07) is -0.875. The van der Waals surface area contributed by atoms with Crippen molar-refractivity contribution < 1.29 is 37.3 Å². The lowest BCUT2D eigenvalue weighted by Crippen LogP contribution is -2.47. The molecule has 0 bridgehead atoms. The van der Waals surface area contributed by atoms with Crippen molar-refractivity contribution in [3.63, 3.8) is 0 Å². The number of nitrogens with one attached hydrogen (secondary N) is 1. The first-order chi connectivity index (χ1) is 31.4. The van der Waals surface area contributed by atoms with Crippen LogP contribution in [0.4, 0.5) is 0 Å². The molecule has 3 unspecified atom stereocenters. The van der Waals surface area contributed by atoms with E-state index in [1.165, 1.54) is 135 Å². The summed E-state index contributed by atoms with van der Waals surface area (Å²) in [5.74, 6) is -0.601. The number of phosphoric ester groups is 1. The normalized spacial score (nSPS) is 14.3. The molecule has 0 saturated heterocycles. The Kier molecular flexibility index (Phi) is 44.3. The minimum absolute atomic E-state index is 0.0300. The number of allylic oxidation sites excluding steroid dienone is 7. The molecule has 0 aromatic carbocycles. The van der Waals surface area contributed by atoms with Gasteiger partial charge in [0.2, 0.25) is 5.91 Å². The first-order valence-electron chi connectivity index (χ1n) is 27.0. The van der Waals surface area contributed by atoms with E-state index in [9.17, 15) is 19.0 Å². The molecular formula is C55H104N2O7P+. The molecule has 3 atom stereocenters. The number of ether oxygens (including phenoxy) is 1. The third kappa shape index (κ3) is 46.9. The minimum atomic E-state index is -4.45. The molecule has 10 heteroatoms. The molecule has 0 aliphatic carbocycles. The number of likely N-dealkylation sites (N-methyl/N-ethyl adjacent to an activating group) is 1. The minimum Gasteiger partial charge on any atom is -0.456 e. The van der Waals surface area contributed by atoms with E-state index >= 15 is 0 Å². The van der Waals surface area contributed by atoms with Crippen LogP contribution in [0.25, 0.3) is 0 Å². The van der Waals surface area contributed by atoms with Gasteiger partial charge in [-0.1, -0.05) is 198 Å². The summed E-state index contributed by atoms with van der Waals surface area (Å²) < 4.78 is 30.4. The van der Waals surface area contributed by atoms with Gasteiger partial charge in [-0.05, 0) is 76.7 Å². The average Bonchev–Trinajstić information content (AvgIpc) is 3.26. The van der Waals surface area contributed by atoms with Crippen molar-refractivity contribution in [3.05, 3.63) is 48.6 Å². The van der Waals surface area contributed by atoms with Crippen LogP contribution in [0.15, 0.2) is 48.6 Å². The molecule has 0 aromatic rings. The number of carbonyl (C=O) groups is 2. The number of rotatable bonds is 48. The van der Waals surface area contributed by atoms with Crippen molar-refractivity contribution >= 4 is 19.7 Å². The van der Waals surface area contributed by atoms with E-state index in [1.54, 1.807) is 0 Å². The third-order valence-electron chi connectivity index (χ3n) is 11.8. The molecule has 1 amide bonds. The molecule has 380 valence electrons. The van der Waals surface area contributed by atoms with Crippen molar-refractivity contribution in [1.82, 2.24) is 5.32 Å². The van der Waals surface area contributed by atoms with E-state index < -0.39 is 25.9 Å². The van der Waals surface area contributed by atoms with Crippen LogP contribution in [0.5, 0.6) is 0 Å². The summed E-state index contributed by atoms with van der Waals surface area (Å²) >= 11 is 0. The largest absolute Gasteiger partial charge is 0.472 e. The molecule has 0 aromatic heterocycles. The highest BCUT2D eigenvalue weighted by Gasteiger charge is 2.30. The summed E-state index contributed by atoms with van der Waals surface area (Å²) in [7, 11) is 1.46. The zero-order valence-electron chi connectivity index (χ0n) is 43.2. The Balaban J connectivity index is 5.51. The molecule has 0 fully saturated rings. The Morgan fingerprint density at radius 3 is 1.43 bits per heavy atom. The van der Waals surface area contributed by atoms with Crippen LogP contribution in [-0.4, -0.2) is 74.3 Å². The highest BCUT2D eigenvalue weighted by molar-refractivity contribution is 7.47. The number of quaternary nitrogens is 1. The molecule has 2 N–H and O–H groups in total. The SMILES string of the molecule is CCCCCCCC/C=C\C/C=C/CCC(=O)OC(/C=C/CCCCCCCCCCCC)C(COP(=O)(O)OCC[N+](C)(C)C)NC(=O)CCCCC/C=C\CCCCCCCCC. The van der Waals surface area contributed by atoms with Crippen molar-refractivity contribution in [2.24, 2.45) is 0 Å². The number of hydrogen-bond acceptors (Lipinski definition) is 6. The predicted molar refractivity (Wildman–Crippen MR) is 277 cm³/mol. The van der Waals surface area contributed by atoms with Gasteiger partial charge < -0.3 is 19.4 Å². The Morgan fingerprint density at radius 2 is 0.954 bits per heavy atom. The topological polar surface area (TPSA) is 111 Å². The molecule has 0 aliphatic rings. The van der Waals surface area contributed by atoms with Crippen LogP contribution >= 0.6 is 7.82 Å². The second-order valence-electron chi connectivity index (χ2n) is 19.4. The molecule has 0 saturated carbocycles. The third-order valence-corrected chi connectivity index (χ3v) is 12.7. The van der Waals surface area contributed by atoms with Crippen LogP contribution in [0, 0.1) is 0 Å². The van der Waals surface area contributed by atoms with Gasteiger partial charge in [-0.2, -0.15) is 0 Å². The van der Waals surface area contributed by atoms with Crippen molar-refractivity contribution in [2.45, 2.75) is 251 Å². The van der Waals surface area contributed by atoms with E-state index in [1.807, 2.05) is 39.4 Å². The summed E-state index contributed by atoms with van der Waals surface area (Å²) in [5, 5.41) is 3.01. The van der Waals surface area contributed by atoms with Crippen molar-refractivity contribution in [2.75, 3.05) is 40.9 Å². The smallest absolute Gasteiger partial charge is 0.456 e. The number of amides is 1. The lowest BCUT2D eigenvalue weighted by molar-refractivity contribution is -0.870. The monoisotopic (exact) mass is 936 g/mol. The van der Waals surface area contributed by atoms with Gasteiger partial charge in [0.25, 0.3) is 0 Å². The molecular weight excluding hydrogens is 832 g/mol. The van der Waals surface area contributed by atoms with Gasteiger partial charge in [0, 0.05) is 12.8 Å². The zero-order valence-corrected chi connectivity index (χ0v) is 44.1. The first-order valence-corrected chi connectivity index (χ1v) is 28.5. The molecule has 0 heterocycles. The highest BCUT2D eigenvalue weighted by atomic mass is 31.2. The van der Waals surface area contributed by atoms with Crippen LogP contribution < -0.4 is 5.32 Å². The van der Waals surface area contributed by atoms with Gasteiger partial charge in [0.1, 0.15) is 19.3 Å². The van der Waals surface area contributed by atoms with Gasteiger partial charge in [-0.25, -0.2) is 4.57 Å². The van der Waals surface area contributed by atoms with Crippen molar-refractivity contribution in [3.8, 4) is 0 Å². The summed E-state index contributed by atoms with van der Waals surface area (Å²) in [5.41, 5.74) is 0. The lowest BCUT2D eigenvalue weighted by Gasteiger charge is -2.27. The maximum absolute atomic E-state index is 13.4. The molecule has 0 aliphatic heterocycles. The number of hydrogen-bond donors (Lipinski definition) is 2. The fourth-order valence-corrected chi connectivity index (χ4v) is 8.25. The fraction of sp³-hybridized carbons (Fsp3) is 0.818. The van der Waals surface area contributed by atoms with E-state index in [2.05, 4.69) is 56.5 Å². The number of phosphoric acid groups is 1. The van der Waals surface area contributed by atoms with E-state index in [-0.39, 0.29) is 25.5 Å². The van der Waals surface area contributed by atoms with Crippen LogP contribution in [0.1, 0.15) is 239 Å². The second kappa shape index (κ2) is 45.7. The number of nitrogens with zero attached hydrogens (tertiary/aromatic N) is 1. The number of unbranched alkanes of at least 4 members (excludes halogenated alkanes) is 26. The van der Waals surface area contributed by atoms with E-state index in [4.69, 9.17) is 13.8 Å². The quantitative estimate of drug-likeness (QED) is 0.0205. The number of carbonyl (C=O) groups excluding carboxylic acids is 2. The van der Waals surface area contributed by atoms with Gasteiger partial charge >= 0.3 is 13.8 Å². The van der Waals surface area contributed by atoms with Gasteiger partial charge in [0.05, 0.1) is 33.8 Å². The molecule has 65 heavy (non-hydrogen) atoms. The van der Waals surface area contributed by atoms with E-state index in [0.717, 1.165) is 64.2 Å². The first kappa shape index (κ1) is 63.0. The summed E-state index contributed by atoms with van der Waals surface area (Å²) in [6.45, 7) is 6.94. The Bertz CT molecular complexity index is 1260. The van der Waals surface area contributed by atoms with E-state index in [0.29, 0.717) is 23.9 Å². The average molecular weight is 936 g/mol. The lowest BCUT2D eigenvalue weighted by atomic mass is 10.1. The van der Waals surface area contributed by atoms with Crippen LogP contribution in [0.2, 0.25) is 0 Å². The Hall–Kier alpha value is -2.03. The molecule has 0 rings (SSSR count). The summed E-state index contributed by atoms with van der Waals surface area (Å²) in [6.07, 6.45) is 54.0. The fourth-order valence-electron chi connectivity index (χ4n) is 7.52. The molecule has 0 radical (unpaired) electrons. The number of esters is 1. The maximum atomic E-state index is 13.4. The summed E-state index contributed by atoms with van der Waals surface area (Å²) in [4.78, 5) is 37.4. The second-order valence-corrected chi connectivity index (χ2v) is 20.8. The zero-order chi connectivity index (χ0) is 48.0. The van der Waals surface area contributed by atoms with Gasteiger partial charge in [0.15, 0.2) is 0 Å². The predicted octanol–water partition coefficient (Wildman–Crippen LogP) is 15.8.